The van der Waals surface area contributed by atoms with Crippen LogP contribution in [0.4, 0.5) is 0 Å². The first-order valence-electron chi connectivity index (χ1n) is 3.79. The van der Waals surface area contributed by atoms with Gasteiger partial charge < -0.3 is 0 Å². The molecule has 0 radical (unpaired) electrons. The third-order valence-corrected chi connectivity index (χ3v) is 6.22. The SMILES string of the molecule is CCC[SiH2]C(C)(C)C(Cl)Cl. The van der Waals surface area contributed by atoms with Crippen molar-refractivity contribution in [2.75, 3.05) is 0 Å². The summed E-state index contributed by atoms with van der Waals surface area (Å²) in [5.41, 5.74) is 0. The van der Waals surface area contributed by atoms with Crippen LogP contribution in [-0.4, -0.2) is 14.4 Å². The van der Waals surface area contributed by atoms with Crippen LogP contribution in [0.2, 0.25) is 11.1 Å². The molecule has 0 aliphatic heterocycles. The van der Waals surface area contributed by atoms with Gasteiger partial charge in [0.2, 0.25) is 0 Å². The van der Waals surface area contributed by atoms with Crippen LogP contribution in [0.1, 0.15) is 27.2 Å². The lowest BCUT2D eigenvalue weighted by Crippen LogP contribution is -2.19. The first kappa shape index (κ1) is 10.8. The van der Waals surface area contributed by atoms with Gasteiger partial charge in [-0.2, -0.15) is 0 Å². The van der Waals surface area contributed by atoms with E-state index in [0.29, 0.717) is 0 Å². The van der Waals surface area contributed by atoms with Crippen LogP contribution in [0.5, 0.6) is 0 Å². The Bertz CT molecular complexity index is 91.6. The maximum atomic E-state index is 5.81. The summed E-state index contributed by atoms with van der Waals surface area (Å²) < 4.78 is 0. The van der Waals surface area contributed by atoms with Gasteiger partial charge in [-0.15, -0.1) is 23.2 Å². The van der Waals surface area contributed by atoms with Crippen LogP contribution < -0.4 is 0 Å². The summed E-state index contributed by atoms with van der Waals surface area (Å²) in [6, 6.07) is 1.35. The molecule has 10 heavy (non-hydrogen) atoms. The Balaban J connectivity index is 3.63. The monoisotopic (exact) mass is 198 g/mol. The highest BCUT2D eigenvalue weighted by atomic mass is 35.5. The van der Waals surface area contributed by atoms with E-state index >= 15 is 0 Å². The van der Waals surface area contributed by atoms with Gasteiger partial charge in [0.05, 0.1) is 0 Å². The first-order chi connectivity index (χ1) is 4.50. The Morgan fingerprint density at radius 3 is 2.20 bits per heavy atom. The van der Waals surface area contributed by atoms with Gasteiger partial charge in [-0.25, -0.2) is 0 Å². The van der Waals surface area contributed by atoms with Crippen molar-refractivity contribution in [1.82, 2.24) is 0 Å². The van der Waals surface area contributed by atoms with E-state index in [-0.39, 0.29) is 19.4 Å². The minimum absolute atomic E-state index is 0.0721. The second-order valence-corrected chi connectivity index (χ2v) is 7.52. The third-order valence-electron chi connectivity index (χ3n) is 1.77. The second-order valence-electron chi connectivity index (χ2n) is 3.39. The Kier molecular flexibility index (Phi) is 5.00. The van der Waals surface area contributed by atoms with Gasteiger partial charge in [0, 0.05) is 9.52 Å². The normalized spacial score (nSPS) is 13.8. The number of alkyl halides is 2. The molecule has 0 saturated heterocycles. The third kappa shape index (κ3) is 3.84. The highest BCUT2D eigenvalue weighted by Gasteiger charge is 2.25. The van der Waals surface area contributed by atoms with E-state index in [2.05, 4.69) is 20.8 Å². The Morgan fingerprint density at radius 1 is 1.40 bits per heavy atom. The molecule has 0 aliphatic rings. The van der Waals surface area contributed by atoms with Crippen LogP contribution >= 0.6 is 23.2 Å². The van der Waals surface area contributed by atoms with E-state index in [4.69, 9.17) is 23.2 Å². The predicted octanol–water partition coefficient (Wildman–Crippen LogP) is 2.99. The molecule has 0 heterocycles. The molecule has 0 N–H and O–H groups in total. The Labute approximate surface area is 76.1 Å². The molecule has 0 unspecified atom stereocenters. The van der Waals surface area contributed by atoms with Crippen LogP contribution in [0, 0.1) is 0 Å². The van der Waals surface area contributed by atoms with E-state index in [0.717, 1.165) is 0 Å². The van der Waals surface area contributed by atoms with Gasteiger partial charge >= 0.3 is 0 Å². The average molecular weight is 199 g/mol. The van der Waals surface area contributed by atoms with Gasteiger partial charge in [0.25, 0.3) is 0 Å². The van der Waals surface area contributed by atoms with Gasteiger partial charge in [0.1, 0.15) is 4.84 Å². The largest absolute Gasteiger partial charge is 0.110 e. The van der Waals surface area contributed by atoms with E-state index in [1.54, 1.807) is 0 Å². The fourth-order valence-corrected chi connectivity index (χ4v) is 2.88. The zero-order chi connectivity index (χ0) is 8.20. The lowest BCUT2D eigenvalue weighted by Gasteiger charge is -2.24. The molecule has 0 aromatic heterocycles. The average Bonchev–Trinajstić information content (AvgIpc) is 1.84. The molecule has 0 rings (SSSR count). The van der Waals surface area contributed by atoms with E-state index in [1.165, 1.54) is 12.5 Å². The number of hydrogen-bond acceptors (Lipinski definition) is 0. The molecule has 0 atom stereocenters. The van der Waals surface area contributed by atoms with Crippen molar-refractivity contribution >= 4 is 32.7 Å². The molecular formula is C7H16Cl2Si. The van der Waals surface area contributed by atoms with Gasteiger partial charge in [-0.05, 0) is 5.04 Å². The highest BCUT2D eigenvalue weighted by Crippen LogP contribution is 2.35. The molecule has 0 fully saturated rings. The molecule has 0 spiro atoms. The summed E-state index contributed by atoms with van der Waals surface area (Å²) in [6.07, 6.45) is 1.27. The van der Waals surface area contributed by atoms with E-state index < -0.39 is 0 Å². The number of hydrogen-bond donors (Lipinski definition) is 0. The molecular weight excluding hydrogens is 183 g/mol. The zero-order valence-corrected chi connectivity index (χ0v) is 9.88. The molecule has 62 valence electrons. The van der Waals surface area contributed by atoms with Crippen LogP contribution in [0.15, 0.2) is 0 Å². The maximum absolute atomic E-state index is 5.81. The summed E-state index contributed by atoms with van der Waals surface area (Å²) in [5, 5.41) is 0.221. The fourth-order valence-electron chi connectivity index (χ4n) is 0.742. The summed E-state index contributed by atoms with van der Waals surface area (Å²) in [6.45, 7) is 6.54. The Morgan fingerprint density at radius 2 is 1.90 bits per heavy atom. The van der Waals surface area contributed by atoms with Gasteiger partial charge in [-0.1, -0.05) is 33.2 Å². The number of rotatable bonds is 4. The summed E-state index contributed by atoms with van der Waals surface area (Å²) in [7, 11) is -0.0721. The molecule has 0 aromatic carbocycles. The minimum atomic E-state index is -0.175. The lowest BCUT2D eigenvalue weighted by atomic mass is 10.2. The van der Waals surface area contributed by atoms with Crippen molar-refractivity contribution < 1.29 is 0 Å². The van der Waals surface area contributed by atoms with Crippen molar-refractivity contribution in [2.45, 2.75) is 43.1 Å². The lowest BCUT2D eigenvalue weighted by molar-refractivity contribution is 0.719. The smallest absolute Gasteiger partial charge is 0.105 e. The summed E-state index contributed by atoms with van der Waals surface area (Å²) >= 11 is 11.6. The van der Waals surface area contributed by atoms with Crippen LogP contribution in [-0.2, 0) is 0 Å². The molecule has 0 nitrogen and oxygen atoms in total. The zero-order valence-electron chi connectivity index (χ0n) is 6.95. The first-order valence-corrected chi connectivity index (χ1v) is 6.37. The maximum Gasteiger partial charge on any atom is 0.110 e. The predicted molar refractivity (Wildman–Crippen MR) is 53.2 cm³/mol. The molecule has 0 amide bonds. The minimum Gasteiger partial charge on any atom is -0.105 e. The van der Waals surface area contributed by atoms with Crippen molar-refractivity contribution in [3.63, 3.8) is 0 Å². The molecule has 3 heteroatoms. The highest BCUT2D eigenvalue weighted by molar-refractivity contribution is 6.52. The van der Waals surface area contributed by atoms with Crippen molar-refractivity contribution in [2.24, 2.45) is 0 Å². The topological polar surface area (TPSA) is 0 Å². The quantitative estimate of drug-likeness (QED) is 0.482. The molecule has 0 aliphatic carbocycles. The molecule has 0 bridgehead atoms. The van der Waals surface area contributed by atoms with Gasteiger partial charge in [-0.3, -0.25) is 0 Å². The Hall–Kier alpha value is 0.797. The van der Waals surface area contributed by atoms with Crippen molar-refractivity contribution in [3.8, 4) is 0 Å². The fraction of sp³-hybridized carbons (Fsp3) is 1.00. The summed E-state index contributed by atoms with van der Waals surface area (Å²) in [5.74, 6) is 0. The van der Waals surface area contributed by atoms with Crippen molar-refractivity contribution in [1.29, 1.82) is 0 Å². The second kappa shape index (κ2) is 4.63. The van der Waals surface area contributed by atoms with E-state index in [1.807, 2.05) is 0 Å². The number of halogens is 2. The van der Waals surface area contributed by atoms with E-state index in [9.17, 15) is 0 Å². The van der Waals surface area contributed by atoms with Crippen LogP contribution in [0.3, 0.4) is 0 Å². The van der Waals surface area contributed by atoms with Crippen molar-refractivity contribution in [3.05, 3.63) is 0 Å². The molecule has 0 aromatic rings. The van der Waals surface area contributed by atoms with Crippen LogP contribution in [0.25, 0.3) is 0 Å². The standard InChI is InChI=1S/C7H16Cl2Si/c1-4-5-10-7(2,3)6(8)9/h6H,4-5,10H2,1-3H3. The summed E-state index contributed by atoms with van der Waals surface area (Å²) in [4.78, 5) is -0.175. The molecule has 0 saturated carbocycles. The van der Waals surface area contributed by atoms with Gasteiger partial charge in [0.15, 0.2) is 0 Å².